The molecule has 1 heterocycles. The van der Waals surface area contributed by atoms with Crippen molar-refractivity contribution in [2.75, 3.05) is 12.1 Å². The van der Waals surface area contributed by atoms with Crippen LogP contribution in [0.15, 0.2) is 15.1 Å². The van der Waals surface area contributed by atoms with Gasteiger partial charge in [-0.15, -0.1) is 21.8 Å². The zero-order valence-electron chi connectivity index (χ0n) is 11.2. The van der Waals surface area contributed by atoms with Crippen molar-refractivity contribution in [1.82, 2.24) is 14.9 Å². The van der Waals surface area contributed by atoms with Crippen LogP contribution in [-0.2, 0) is 5.41 Å². The van der Waals surface area contributed by atoms with Gasteiger partial charge in [-0.3, -0.25) is 4.79 Å². The van der Waals surface area contributed by atoms with E-state index in [4.69, 9.17) is 11.6 Å². The molecule has 0 amide bonds. The minimum atomic E-state index is -0.526. The molecule has 0 N–H and O–H groups in total. The first-order chi connectivity index (χ1) is 8.33. The molecule has 0 aromatic carbocycles. The number of aromatic nitrogens is 3. The molecule has 0 spiro atoms. The Bertz CT molecular complexity index is 520. The topological polar surface area (TPSA) is 60.1 Å². The molecular weight excluding hydrogens is 272 g/mol. The van der Waals surface area contributed by atoms with Crippen molar-refractivity contribution in [3.8, 4) is 0 Å². The van der Waals surface area contributed by atoms with E-state index in [0.717, 1.165) is 5.71 Å². The van der Waals surface area contributed by atoms with Gasteiger partial charge in [-0.1, -0.05) is 25.6 Å². The lowest BCUT2D eigenvalue weighted by atomic mass is 9.92. The Kier molecular flexibility index (Phi) is 4.92. The van der Waals surface area contributed by atoms with Crippen LogP contribution in [0.1, 0.15) is 33.4 Å². The van der Waals surface area contributed by atoms with Gasteiger partial charge in [0.25, 0.3) is 5.56 Å². The second-order valence-electron chi connectivity index (χ2n) is 4.72. The average Bonchev–Trinajstić information content (AvgIpc) is 2.30. The zero-order chi connectivity index (χ0) is 13.9. The summed E-state index contributed by atoms with van der Waals surface area (Å²) in [5.74, 6) is 0.296. The molecule has 0 saturated heterocycles. The van der Waals surface area contributed by atoms with Crippen molar-refractivity contribution in [2.45, 2.75) is 38.3 Å². The highest BCUT2D eigenvalue weighted by atomic mass is 35.5. The van der Waals surface area contributed by atoms with E-state index >= 15 is 0 Å². The Labute approximate surface area is 116 Å². The average molecular weight is 289 g/mol. The zero-order valence-corrected chi connectivity index (χ0v) is 12.8. The Morgan fingerprint density at radius 3 is 2.50 bits per heavy atom. The van der Waals surface area contributed by atoms with Gasteiger partial charge in [-0.05, 0) is 20.1 Å². The van der Waals surface area contributed by atoms with E-state index < -0.39 is 5.41 Å². The summed E-state index contributed by atoms with van der Waals surface area (Å²) in [6.45, 7) is 7.36. The lowest BCUT2D eigenvalue weighted by Gasteiger charge is -2.19. The maximum absolute atomic E-state index is 12.4. The van der Waals surface area contributed by atoms with Crippen molar-refractivity contribution >= 4 is 29.1 Å². The molecule has 0 bridgehead atoms. The molecule has 1 rings (SSSR count). The lowest BCUT2D eigenvalue weighted by molar-refractivity contribution is 0.514. The molecule has 0 aliphatic rings. The number of thioether (sulfide) groups is 1. The lowest BCUT2D eigenvalue weighted by Crippen LogP contribution is -2.35. The van der Waals surface area contributed by atoms with Gasteiger partial charge >= 0.3 is 0 Å². The summed E-state index contributed by atoms with van der Waals surface area (Å²) in [5, 5.41) is 12.7. The maximum Gasteiger partial charge on any atom is 0.297 e. The molecule has 0 radical (unpaired) electrons. The van der Waals surface area contributed by atoms with Gasteiger partial charge in [0.2, 0.25) is 5.16 Å². The van der Waals surface area contributed by atoms with Crippen molar-refractivity contribution in [3.05, 3.63) is 16.0 Å². The van der Waals surface area contributed by atoms with Gasteiger partial charge in [0, 0.05) is 17.0 Å². The quantitative estimate of drug-likeness (QED) is 0.484. The molecule has 100 valence electrons. The molecule has 0 unspecified atom stereocenters. The Hall–Kier alpha value is -0.880. The monoisotopic (exact) mass is 288 g/mol. The number of hydrogen-bond donors (Lipinski definition) is 0. The number of halogens is 1. The predicted molar refractivity (Wildman–Crippen MR) is 76.0 cm³/mol. The fourth-order valence-electron chi connectivity index (χ4n) is 1.27. The minimum Gasteiger partial charge on any atom is -0.265 e. The molecular formula is C11H17ClN4OS. The van der Waals surface area contributed by atoms with Crippen LogP contribution in [0, 0.1) is 0 Å². The van der Waals surface area contributed by atoms with Crippen LogP contribution in [0.4, 0.5) is 0 Å². The summed E-state index contributed by atoms with van der Waals surface area (Å²) in [6.07, 6.45) is 1.83. The van der Waals surface area contributed by atoms with Gasteiger partial charge in [-0.2, -0.15) is 9.78 Å². The highest BCUT2D eigenvalue weighted by molar-refractivity contribution is 7.98. The second-order valence-corrected chi connectivity index (χ2v) is 5.76. The molecule has 7 heteroatoms. The third kappa shape index (κ3) is 3.11. The van der Waals surface area contributed by atoms with Crippen LogP contribution in [0.3, 0.4) is 0 Å². The van der Waals surface area contributed by atoms with Crippen molar-refractivity contribution in [1.29, 1.82) is 0 Å². The van der Waals surface area contributed by atoms with Crippen molar-refractivity contribution in [3.63, 3.8) is 0 Å². The third-order valence-corrected chi connectivity index (χ3v) is 3.56. The number of nitrogens with zero attached hydrogens (tertiary/aromatic N) is 4. The first kappa shape index (κ1) is 15.2. The van der Waals surface area contributed by atoms with E-state index in [1.54, 1.807) is 0 Å². The Morgan fingerprint density at radius 2 is 2.06 bits per heavy atom. The molecule has 0 atom stereocenters. The van der Waals surface area contributed by atoms with Crippen LogP contribution in [0.5, 0.6) is 0 Å². The first-order valence-electron chi connectivity index (χ1n) is 5.46. The summed E-state index contributed by atoms with van der Waals surface area (Å²) < 4.78 is 1.29. The van der Waals surface area contributed by atoms with E-state index in [1.807, 2.05) is 34.0 Å². The van der Waals surface area contributed by atoms with E-state index in [-0.39, 0.29) is 5.56 Å². The summed E-state index contributed by atoms with van der Waals surface area (Å²) >= 11 is 7.20. The summed E-state index contributed by atoms with van der Waals surface area (Å²) in [6, 6.07) is 0. The van der Waals surface area contributed by atoms with E-state index in [1.165, 1.54) is 16.4 Å². The second kappa shape index (κ2) is 5.84. The van der Waals surface area contributed by atoms with Gasteiger partial charge < -0.3 is 0 Å². The molecule has 0 saturated carbocycles. The van der Waals surface area contributed by atoms with Gasteiger partial charge in [-0.25, -0.2) is 0 Å². The summed E-state index contributed by atoms with van der Waals surface area (Å²) in [5.41, 5.74) is 0.318. The van der Waals surface area contributed by atoms with Crippen LogP contribution in [-0.4, -0.2) is 32.7 Å². The number of alkyl halides is 1. The normalized spacial score (nSPS) is 11.4. The predicted octanol–water partition coefficient (Wildman–Crippen LogP) is 2.12. The van der Waals surface area contributed by atoms with E-state index in [0.29, 0.717) is 16.7 Å². The third-order valence-electron chi connectivity index (χ3n) is 2.27. The van der Waals surface area contributed by atoms with Crippen molar-refractivity contribution < 1.29 is 0 Å². The standard InChI is InChI=1S/C11H17ClN4OS/c1-7(2)15-16-9(17)8(11(3,4)6-12)13-14-10(16)18-5/h6H2,1-5H3. The number of hydrogen-bond acceptors (Lipinski definition) is 5. The van der Waals surface area contributed by atoms with Crippen LogP contribution in [0.2, 0.25) is 0 Å². The smallest absolute Gasteiger partial charge is 0.265 e. The van der Waals surface area contributed by atoms with Gasteiger partial charge in [0.05, 0.1) is 0 Å². The molecule has 0 aliphatic carbocycles. The van der Waals surface area contributed by atoms with Gasteiger partial charge in [0.1, 0.15) is 5.69 Å². The van der Waals surface area contributed by atoms with Crippen LogP contribution >= 0.6 is 23.4 Å². The van der Waals surface area contributed by atoms with E-state index in [9.17, 15) is 4.79 Å². The SMILES string of the molecule is CSc1nnc(C(C)(C)CCl)c(=O)n1N=C(C)C. The molecule has 5 nitrogen and oxygen atoms in total. The molecule has 1 aromatic rings. The molecule has 0 fully saturated rings. The summed E-state index contributed by atoms with van der Waals surface area (Å²) in [7, 11) is 0. The maximum atomic E-state index is 12.4. The summed E-state index contributed by atoms with van der Waals surface area (Å²) in [4.78, 5) is 12.4. The molecule has 0 aliphatic heterocycles. The Balaban J connectivity index is 3.54. The van der Waals surface area contributed by atoms with Crippen LogP contribution in [0.25, 0.3) is 0 Å². The highest BCUT2D eigenvalue weighted by Gasteiger charge is 2.27. The number of rotatable bonds is 4. The Morgan fingerprint density at radius 1 is 1.44 bits per heavy atom. The van der Waals surface area contributed by atoms with Crippen LogP contribution < -0.4 is 5.56 Å². The molecule has 18 heavy (non-hydrogen) atoms. The largest absolute Gasteiger partial charge is 0.297 e. The van der Waals surface area contributed by atoms with Crippen molar-refractivity contribution in [2.24, 2.45) is 5.10 Å². The fourth-order valence-corrected chi connectivity index (χ4v) is 1.81. The highest BCUT2D eigenvalue weighted by Crippen LogP contribution is 2.20. The minimum absolute atomic E-state index is 0.263. The fraction of sp³-hybridized carbons (Fsp3) is 0.636. The van der Waals surface area contributed by atoms with E-state index in [2.05, 4.69) is 15.3 Å². The van der Waals surface area contributed by atoms with Gasteiger partial charge in [0.15, 0.2) is 0 Å². The first-order valence-corrected chi connectivity index (χ1v) is 7.21. The molecule has 1 aromatic heterocycles.